The van der Waals surface area contributed by atoms with Gasteiger partial charge in [-0.3, -0.25) is 4.79 Å². The van der Waals surface area contributed by atoms with E-state index in [9.17, 15) is 4.79 Å². The highest BCUT2D eigenvalue weighted by molar-refractivity contribution is 8.12. The molecule has 0 heterocycles. The van der Waals surface area contributed by atoms with Crippen LogP contribution in [-0.2, 0) is 4.79 Å². The average Bonchev–Trinajstić information content (AvgIpc) is 2.35. The fraction of sp³-hybridized carbons (Fsp3) is 0.214. The van der Waals surface area contributed by atoms with Crippen LogP contribution in [0.1, 0.15) is 25.3 Å². The minimum atomic E-state index is 0.547. The molecule has 1 aromatic rings. The number of carbonyl (C=O) groups is 1. The largest absolute Gasteiger partial charge is 0.297 e. The Bertz CT molecular complexity index is 379. The molecule has 0 aliphatic heterocycles. The van der Waals surface area contributed by atoms with Gasteiger partial charge in [0.15, 0.2) is 6.29 Å². The van der Waals surface area contributed by atoms with Gasteiger partial charge >= 0.3 is 0 Å². The fourth-order valence-corrected chi connectivity index (χ4v) is 2.05. The molecule has 0 atom stereocenters. The molecule has 2 heteroatoms. The lowest BCUT2D eigenvalue weighted by Crippen LogP contribution is -1.82. The summed E-state index contributed by atoms with van der Waals surface area (Å²) in [6.45, 7) is 5.84. The zero-order valence-electron chi connectivity index (χ0n) is 9.48. The van der Waals surface area contributed by atoms with Crippen LogP contribution in [0, 0.1) is 0 Å². The predicted molar refractivity (Wildman–Crippen MR) is 72.1 cm³/mol. The van der Waals surface area contributed by atoms with Gasteiger partial charge in [-0.15, -0.1) is 0 Å². The number of aldehydes is 1. The second kappa shape index (κ2) is 7.07. The van der Waals surface area contributed by atoms with Gasteiger partial charge in [-0.1, -0.05) is 68.1 Å². The summed E-state index contributed by atoms with van der Waals surface area (Å²) in [5.74, 6) is 0. The van der Waals surface area contributed by atoms with Crippen molar-refractivity contribution in [2.75, 3.05) is 0 Å². The molecular formula is C14H16OS. The first kappa shape index (κ1) is 12.8. The van der Waals surface area contributed by atoms with Gasteiger partial charge in [0.2, 0.25) is 0 Å². The lowest BCUT2D eigenvalue weighted by atomic mass is 10.2. The van der Waals surface area contributed by atoms with E-state index < -0.39 is 0 Å². The van der Waals surface area contributed by atoms with Gasteiger partial charge in [-0.2, -0.15) is 0 Å². The van der Waals surface area contributed by atoms with Crippen LogP contribution in [0.3, 0.4) is 0 Å². The van der Waals surface area contributed by atoms with E-state index in [0.29, 0.717) is 4.91 Å². The maximum atomic E-state index is 10.6. The first-order valence-electron chi connectivity index (χ1n) is 5.35. The molecule has 0 bridgehead atoms. The third kappa shape index (κ3) is 4.07. The van der Waals surface area contributed by atoms with Gasteiger partial charge in [0, 0.05) is 9.81 Å². The summed E-state index contributed by atoms with van der Waals surface area (Å²) in [5, 5.41) is 0. The van der Waals surface area contributed by atoms with E-state index in [2.05, 4.69) is 19.6 Å². The molecule has 0 spiro atoms. The van der Waals surface area contributed by atoms with E-state index >= 15 is 0 Å². The van der Waals surface area contributed by atoms with Crippen molar-refractivity contribution in [1.82, 2.24) is 0 Å². The van der Waals surface area contributed by atoms with Crippen molar-refractivity contribution in [1.29, 1.82) is 0 Å². The Balaban J connectivity index is 2.88. The fourth-order valence-electron chi connectivity index (χ4n) is 1.26. The highest BCUT2D eigenvalue weighted by Gasteiger charge is 2.03. The molecule has 0 N–H and O–H groups in total. The zero-order chi connectivity index (χ0) is 11.8. The second-order valence-electron chi connectivity index (χ2n) is 3.41. The van der Waals surface area contributed by atoms with Crippen LogP contribution < -0.4 is 0 Å². The van der Waals surface area contributed by atoms with E-state index in [1.54, 1.807) is 0 Å². The Morgan fingerprint density at radius 1 is 1.38 bits per heavy atom. The summed E-state index contributed by atoms with van der Waals surface area (Å²) in [6, 6.07) is 10.1. The Hall–Kier alpha value is -1.28. The molecule has 0 saturated carbocycles. The molecular weight excluding hydrogens is 216 g/mol. The van der Waals surface area contributed by atoms with Crippen molar-refractivity contribution in [2.45, 2.75) is 19.8 Å². The monoisotopic (exact) mass is 232 g/mol. The molecule has 0 aliphatic rings. The Kier molecular flexibility index (Phi) is 5.65. The van der Waals surface area contributed by atoms with E-state index in [1.807, 2.05) is 30.3 Å². The number of unbranched alkanes of at least 4 members (excludes halogenated alkanes) is 1. The number of hydrogen-bond acceptors (Lipinski definition) is 2. The topological polar surface area (TPSA) is 17.1 Å². The number of rotatable bonds is 6. The first-order chi connectivity index (χ1) is 7.77. The SMILES string of the molecule is C=C(C=O)S/C(=C\CCC)c1ccccc1. The van der Waals surface area contributed by atoms with Gasteiger partial charge in [0.25, 0.3) is 0 Å². The molecule has 0 saturated heterocycles. The third-order valence-corrected chi connectivity index (χ3v) is 3.03. The molecule has 1 aromatic carbocycles. The quantitative estimate of drug-likeness (QED) is 0.538. The Morgan fingerprint density at radius 2 is 2.06 bits per heavy atom. The van der Waals surface area contributed by atoms with Crippen molar-refractivity contribution in [3.63, 3.8) is 0 Å². The van der Waals surface area contributed by atoms with E-state index in [0.717, 1.165) is 29.6 Å². The summed E-state index contributed by atoms with van der Waals surface area (Å²) in [7, 11) is 0. The summed E-state index contributed by atoms with van der Waals surface area (Å²) in [6.07, 6.45) is 5.08. The molecule has 0 amide bonds. The lowest BCUT2D eigenvalue weighted by Gasteiger charge is -2.06. The number of carbonyl (C=O) groups excluding carboxylic acids is 1. The maximum Gasteiger partial charge on any atom is 0.156 e. The van der Waals surface area contributed by atoms with Gasteiger partial charge in [0.05, 0.1) is 0 Å². The molecule has 84 valence electrons. The highest BCUT2D eigenvalue weighted by Crippen LogP contribution is 2.32. The molecule has 1 rings (SSSR count). The molecule has 0 fully saturated rings. The summed E-state index contributed by atoms with van der Waals surface area (Å²) < 4.78 is 0. The Labute approximate surface area is 101 Å². The zero-order valence-corrected chi connectivity index (χ0v) is 10.3. The minimum Gasteiger partial charge on any atom is -0.297 e. The van der Waals surface area contributed by atoms with Gasteiger partial charge in [-0.05, 0) is 12.0 Å². The van der Waals surface area contributed by atoms with Crippen LogP contribution in [0.15, 0.2) is 47.9 Å². The number of allylic oxidation sites excluding steroid dienone is 2. The average molecular weight is 232 g/mol. The number of benzene rings is 1. The van der Waals surface area contributed by atoms with Crippen LogP contribution in [0.2, 0.25) is 0 Å². The molecule has 0 radical (unpaired) electrons. The molecule has 16 heavy (non-hydrogen) atoms. The number of thioether (sulfide) groups is 1. The van der Waals surface area contributed by atoms with Crippen molar-refractivity contribution < 1.29 is 4.79 Å². The van der Waals surface area contributed by atoms with E-state index in [1.165, 1.54) is 11.8 Å². The van der Waals surface area contributed by atoms with Crippen LogP contribution in [0.5, 0.6) is 0 Å². The van der Waals surface area contributed by atoms with Gasteiger partial charge in [0.1, 0.15) is 0 Å². The number of hydrogen-bond donors (Lipinski definition) is 0. The first-order valence-corrected chi connectivity index (χ1v) is 6.17. The van der Waals surface area contributed by atoms with Crippen molar-refractivity contribution in [3.05, 3.63) is 53.5 Å². The summed E-state index contributed by atoms with van der Waals surface area (Å²) >= 11 is 1.44. The standard InChI is InChI=1S/C14H16OS/c1-3-4-10-14(16-12(2)11-15)13-8-6-5-7-9-13/h5-11H,2-4H2,1H3/b14-10-. The minimum absolute atomic E-state index is 0.547. The van der Waals surface area contributed by atoms with Crippen LogP contribution in [0.4, 0.5) is 0 Å². The molecule has 0 unspecified atom stereocenters. The van der Waals surface area contributed by atoms with Crippen molar-refractivity contribution in [2.24, 2.45) is 0 Å². The summed E-state index contributed by atoms with van der Waals surface area (Å²) in [5.41, 5.74) is 1.14. The van der Waals surface area contributed by atoms with Gasteiger partial charge in [-0.25, -0.2) is 0 Å². The van der Waals surface area contributed by atoms with Gasteiger partial charge < -0.3 is 0 Å². The van der Waals surface area contributed by atoms with Crippen molar-refractivity contribution in [3.8, 4) is 0 Å². The normalized spacial score (nSPS) is 11.2. The van der Waals surface area contributed by atoms with Crippen LogP contribution in [0.25, 0.3) is 4.91 Å². The highest BCUT2D eigenvalue weighted by atomic mass is 32.2. The van der Waals surface area contributed by atoms with Crippen molar-refractivity contribution >= 4 is 23.0 Å². The smallest absolute Gasteiger partial charge is 0.156 e. The van der Waals surface area contributed by atoms with E-state index in [-0.39, 0.29) is 0 Å². The third-order valence-electron chi connectivity index (χ3n) is 2.05. The maximum absolute atomic E-state index is 10.6. The second-order valence-corrected chi connectivity index (χ2v) is 4.58. The van der Waals surface area contributed by atoms with Crippen LogP contribution in [-0.4, -0.2) is 6.29 Å². The molecule has 1 nitrogen and oxygen atoms in total. The Morgan fingerprint density at radius 3 is 2.62 bits per heavy atom. The lowest BCUT2D eigenvalue weighted by molar-refractivity contribution is -0.104. The molecule has 0 aromatic heterocycles. The predicted octanol–water partition coefficient (Wildman–Crippen LogP) is 4.27. The summed E-state index contributed by atoms with van der Waals surface area (Å²) in [4.78, 5) is 12.3. The van der Waals surface area contributed by atoms with Crippen LogP contribution >= 0.6 is 11.8 Å². The molecule has 0 aliphatic carbocycles. The van der Waals surface area contributed by atoms with E-state index in [4.69, 9.17) is 0 Å².